The van der Waals surface area contributed by atoms with Crippen LogP contribution in [0.25, 0.3) is 0 Å². The van der Waals surface area contributed by atoms with Crippen molar-refractivity contribution in [3.8, 4) is 0 Å². The predicted octanol–water partition coefficient (Wildman–Crippen LogP) is 3.03. The number of methoxy groups -OCH3 is 1. The SMILES string of the molecule is COC(=O)c1ccc2c(c1)CCN2C(=O)C1CC(=O)N(c2cccc(C)c2C)C1. The summed E-state index contributed by atoms with van der Waals surface area (Å²) in [5.41, 5.74) is 5.33. The van der Waals surface area contributed by atoms with Crippen LogP contribution in [-0.4, -0.2) is 38.0 Å². The van der Waals surface area contributed by atoms with Crippen molar-refractivity contribution >= 4 is 29.2 Å². The van der Waals surface area contributed by atoms with Crippen molar-refractivity contribution in [1.82, 2.24) is 0 Å². The molecule has 0 aliphatic carbocycles. The van der Waals surface area contributed by atoms with E-state index in [0.717, 1.165) is 28.1 Å². The van der Waals surface area contributed by atoms with E-state index < -0.39 is 0 Å². The molecular weight excluding hydrogens is 368 g/mol. The van der Waals surface area contributed by atoms with E-state index in [-0.39, 0.29) is 30.1 Å². The van der Waals surface area contributed by atoms with Gasteiger partial charge in [-0.3, -0.25) is 9.59 Å². The van der Waals surface area contributed by atoms with Crippen molar-refractivity contribution in [2.75, 3.05) is 30.0 Å². The van der Waals surface area contributed by atoms with Gasteiger partial charge < -0.3 is 14.5 Å². The van der Waals surface area contributed by atoms with Crippen LogP contribution in [0, 0.1) is 19.8 Å². The third kappa shape index (κ3) is 3.28. The zero-order valence-corrected chi connectivity index (χ0v) is 16.9. The monoisotopic (exact) mass is 392 g/mol. The average Bonchev–Trinajstić information content (AvgIpc) is 3.32. The molecular formula is C23H24N2O4. The first-order valence-corrected chi connectivity index (χ1v) is 9.80. The highest BCUT2D eigenvalue weighted by molar-refractivity contribution is 6.05. The zero-order valence-electron chi connectivity index (χ0n) is 16.9. The van der Waals surface area contributed by atoms with Crippen LogP contribution < -0.4 is 9.80 Å². The van der Waals surface area contributed by atoms with Crippen LogP contribution in [0.3, 0.4) is 0 Å². The first kappa shape index (κ1) is 19.2. The van der Waals surface area contributed by atoms with E-state index in [9.17, 15) is 14.4 Å². The van der Waals surface area contributed by atoms with Crippen molar-refractivity contribution in [2.45, 2.75) is 26.7 Å². The second-order valence-electron chi connectivity index (χ2n) is 7.70. The number of rotatable bonds is 3. The molecule has 1 unspecified atom stereocenters. The number of ether oxygens (including phenoxy) is 1. The van der Waals surface area contributed by atoms with Crippen LogP contribution in [0.5, 0.6) is 0 Å². The number of amides is 2. The lowest BCUT2D eigenvalue weighted by Crippen LogP contribution is -2.36. The van der Waals surface area contributed by atoms with Crippen molar-refractivity contribution in [3.63, 3.8) is 0 Å². The molecule has 0 N–H and O–H groups in total. The van der Waals surface area contributed by atoms with Crippen LogP contribution in [0.2, 0.25) is 0 Å². The maximum absolute atomic E-state index is 13.2. The van der Waals surface area contributed by atoms with Gasteiger partial charge in [0.15, 0.2) is 0 Å². The Morgan fingerprint density at radius 3 is 2.66 bits per heavy atom. The Kier molecular flexibility index (Phi) is 4.86. The number of esters is 1. The molecule has 6 heteroatoms. The average molecular weight is 392 g/mol. The number of anilines is 2. The second kappa shape index (κ2) is 7.35. The standard InChI is InChI=1S/C23H24N2O4/c1-14-5-4-6-19(15(14)2)25-13-18(12-21(25)26)22(27)24-10-9-16-11-17(23(28)29-3)7-8-20(16)24/h4-8,11,18H,9-10,12-13H2,1-3H3. The summed E-state index contributed by atoms with van der Waals surface area (Å²) in [5, 5.41) is 0. The van der Waals surface area contributed by atoms with Gasteiger partial charge in [-0.1, -0.05) is 12.1 Å². The minimum Gasteiger partial charge on any atom is -0.465 e. The fourth-order valence-corrected chi connectivity index (χ4v) is 4.23. The molecule has 2 amide bonds. The lowest BCUT2D eigenvalue weighted by Gasteiger charge is -2.23. The largest absolute Gasteiger partial charge is 0.465 e. The molecule has 1 saturated heterocycles. The van der Waals surface area contributed by atoms with Gasteiger partial charge in [0.2, 0.25) is 11.8 Å². The van der Waals surface area contributed by atoms with E-state index in [1.165, 1.54) is 7.11 Å². The number of hydrogen-bond acceptors (Lipinski definition) is 4. The van der Waals surface area contributed by atoms with Crippen LogP contribution in [-0.2, 0) is 20.7 Å². The normalized spacial score (nSPS) is 18.2. The molecule has 29 heavy (non-hydrogen) atoms. The van der Waals surface area contributed by atoms with Crippen LogP contribution >= 0.6 is 0 Å². The van der Waals surface area contributed by atoms with Gasteiger partial charge in [0.25, 0.3) is 0 Å². The molecule has 0 radical (unpaired) electrons. The molecule has 1 fully saturated rings. The smallest absolute Gasteiger partial charge is 0.337 e. The van der Waals surface area contributed by atoms with E-state index in [2.05, 4.69) is 0 Å². The summed E-state index contributed by atoms with van der Waals surface area (Å²) in [6, 6.07) is 11.2. The summed E-state index contributed by atoms with van der Waals surface area (Å²) in [4.78, 5) is 41.1. The van der Waals surface area contributed by atoms with Crippen molar-refractivity contribution in [3.05, 3.63) is 58.7 Å². The lowest BCUT2D eigenvalue weighted by atomic mass is 10.1. The Hall–Kier alpha value is -3.15. The van der Waals surface area contributed by atoms with Gasteiger partial charge >= 0.3 is 5.97 Å². The number of aryl methyl sites for hydroxylation is 1. The fraction of sp³-hybridized carbons (Fsp3) is 0.348. The summed E-state index contributed by atoms with van der Waals surface area (Å²) < 4.78 is 4.77. The summed E-state index contributed by atoms with van der Waals surface area (Å²) >= 11 is 0. The summed E-state index contributed by atoms with van der Waals surface area (Å²) in [6.45, 7) is 4.98. The Labute approximate surface area is 170 Å². The van der Waals surface area contributed by atoms with E-state index in [1.54, 1.807) is 28.0 Å². The molecule has 2 aromatic carbocycles. The minimum absolute atomic E-state index is 0.0162. The molecule has 4 rings (SSSR count). The Morgan fingerprint density at radius 2 is 1.90 bits per heavy atom. The number of fused-ring (bicyclic) bond motifs is 1. The maximum Gasteiger partial charge on any atom is 0.337 e. The van der Waals surface area contributed by atoms with Crippen LogP contribution in [0.1, 0.15) is 33.5 Å². The van der Waals surface area contributed by atoms with Gasteiger partial charge in [0.05, 0.1) is 18.6 Å². The number of carbonyl (C=O) groups is 3. The van der Waals surface area contributed by atoms with Gasteiger partial charge in [-0.2, -0.15) is 0 Å². The summed E-state index contributed by atoms with van der Waals surface area (Å²) in [7, 11) is 1.35. The molecule has 2 heterocycles. The van der Waals surface area contributed by atoms with Gasteiger partial charge in [-0.15, -0.1) is 0 Å². The highest BCUT2D eigenvalue weighted by atomic mass is 16.5. The van der Waals surface area contributed by atoms with Crippen molar-refractivity contribution in [2.24, 2.45) is 5.92 Å². The first-order valence-electron chi connectivity index (χ1n) is 9.80. The van der Waals surface area contributed by atoms with Crippen molar-refractivity contribution in [1.29, 1.82) is 0 Å². The molecule has 0 bridgehead atoms. The lowest BCUT2D eigenvalue weighted by molar-refractivity contribution is -0.124. The number of nitrogens with zero attached hydrogens (tertiary/aromatic N) is 2. The quantitative estimate of drug-likeness (QED) is 0.753. The van der Waals surface area contributed by atoms with Gasteiger partial charge in [0, 0.05) is 30.9 Å². The molecule has 0 aromatic heterocycles. The van der Waals surface area contributed by atoms with Gasteiger partial charge in [-0.05, 0) is 61.2 Å². The Morgan fingerprint density at radius 1 is 1.10 bits per heavy atom. The Balaban J connectivity index is 1.54. The molecule has 2 aliphatic rings. The van der Waals surface area contributed by atoms with E-state index in [1.807, 2.05) is 32.0 Å². The Bertz CT molecular complexity index is 1010. The molecule has 1 atom stereocenters. The molecule has 6 nitrogen and oxygen atoms in total. The highest BCUT2D eigenvalue weighted by Gasteiger charge is 2.39. The first-order chi connectivity index (χ1) is 13.9. The summed E-state index contributed by atoms with van der Waals surface area (Å²) in [6.07, 6.45) is 0.908. The molecule has 0 saturated carbocycles. The topological polar surface area (TPSA) is 66.9 Å². The number of carbonyl (C=O) groups excluding carboxylic acids is 3. The number of hydrogen-bond donors (Lipinski definition) is 0. The van der Waals surface area contributed by atoms with Gasteiger partial charge in [0.1, 0.15) is 0 Å². The third-order valence-corrected chi connectivity index (χ3v) is 6.00. The van der Waals surface area contributed by atoms with Gasteiger partial charge in [-0.25, -0.2) is 4.79 Å². The summed E-state index contributed by atoms with van der Waals surface area (Å²) in [5.74, 6) is -0.801. The second-order valence-corrected chi connectivity index (χ2v) is 7.70. The molecule has 2 aromatic rings. The predicted molar refractivity (Wildman–Crippen MR) is 110 cm³/mol. The molecule has 2 aliphatic heterocycles. The minimum atomic E-state index is -0.386. The molecule has 150 valence electrons. The third-order valence-electron chi connectivity index (χ3n) is 6.00. The number of benzene rings is 2. The van der Waals surface area contributed by atoms with E-state index >= 15 is 0 Å². The maximum atomic E-state index is 13.2. The van der Waals surface area contributed by atoms with E-state index in [4.69, 9.17) is 4.74 Å². The highest BCUT2D eigenvalue weighted by Crippen LogP contribution is 2.34. The van der Waals surface area contributed by atoms with Crippen LogP contribution in [0.15, 0.2) is 36.4 Å². The van der Waals surface area contributed by atoms with E-state index in [0.29, 0.717) is 25.1 Å². The fourth-order valence-electron chi connectivity index (χ4n) is 4.23. The van der Waals surface area contributed by atoms with Crippen LogP contribution in [0.4, 0.5) is 11.4 Å². The van der Waals surface area contributed by atoms with Crippen molar-refractivity contribution < 1.29 is 19.1 Å². The molecule has 0 spiro atoms. The zero-order chi connectivity index (χ0) is 20.7.